The van der Waals surface area contributed by atoms with Crippen LogP contribution in [0, 0.1) is 0 Å². The fourth-order valence-corrected chi connectivity index (χ4v) is 5.09. The van der Waals surface area contributed by atoms with Crippen LogP contribution in [0.5, 0.6) is 0 Å². The van der Waals surface area contributed by atoms with E-state index < -0.39 is 0 Å². The number of pyridine rings is 1. The molecule has 0 atom stereocenters. The van der Waals surface area contributed by atoms with Crippen molar-refractivity contribution in [3.05, 3.63) is 54.2 Å². The number of anilines is 1. The van der Waals surface area contributed by atoms with E-state index in [0.717, 1.165) is 41.8 Å². The Hall–Kier alpha value is -2.57. The van der Waals surface area contributed by atoms with Gasteiger partial charge < -0.3 is 14.9 Å². The molecular weight excluding hydrogens is 380 g/mol. The summed E-state index contributed by atoms with van der Waals surface area (Å²) < 4.78 is 3.43. The summed E-state index contributed by atoms with van der Waals surface area (Å²) in [5.41, 5.74) is 4.83. The van der Waals surface area contributed by atoms with Crippen LogP contribution in [0.1, 0.15) is 29.6 Å². The van der Waals surface area contributed by atoms with Crippen LogP contribution in [0.2, 0.25) is 0 Å². The minimum atomic E-state index is -0.0294. The lowest BCUT2D eigenvalue weighted by Gasteiger charge is -2.26. The van der Waals surface area contributed by atoms with Crippen molar-refractivity contribution in [2.45, 2.75) is 24.2 Å². The van der Waals surface area contributed by atoms with Gasteiger partial charge in [0.05, 0.1) is 16.8 Å². The zero-order valence-electron chi connectivity index (χ0n) is 16.3. The molecule has 2 aromatic carbocycles. The molecule has 5 rings (SSSR count). The molecule has 3 heterocycles. The number of piperidine rings is 1. The summed E-state index contributed by atoms with van der Waals surface area (Å²) in [5, 5.41) is 3.98. The van der Waals surface area contributed by atoms with Crippen molar-refractivity contribution < 1.29 is 4.79 Å². The number of benzene rings is 2. The van der Waals surface area contributed by atoms with Gasteiger partial charge in [-0.1, -0.05) is 36.8 Å². The van der Waals surface area contributed by atoms with Gasteiger partial charge in [0.1, 0.15) is 0 Å². The third-order valence-corrected chi connectivity index (χ3v) is 6.64. The van der Waals surface area contributed by atoms with Gasteiger partial charge in [0.15, 0.2) is 0 Å². The Balaban J connectivity index is 1.40. The van der Waals surface area contributed by atoms with Gasteiger partial charge in [0.25, 0.3) is 5.91 Å². The number of aromatic nitrogens is 1. The molecule has 2 aliphatic rings. The maximum absolute atomic E-state index is 12.9. The molecule has 1 amide bonds. The molecule has 0 aliphatic carbocycles. The maximum Gasteiger partial charge on any atom is 0.252 e. The van der Waals surface area contributed by atoms with Gasteiger partial charge in [-0.2, -0.15) is 0 Å². The van der Waals surface area contributed by atoms with E-state index in [9.17, 15) is 4.79 Å². The molecule has 1 aromatic heterocycles. The smallest absolute Gasteiger partial charge is 0.252 e. The van der Waals surface area contributed by atoms with Crippen LogP contribution in [0.3, 0.4) is 0 Å². The van der Waals surface area contributed by atoms with E-state index in [0.29, 0.717) is 12.1 Å². The number of hydrogen-bond acceptors (Lipinski definition) is 5. The highest BCUT2D eigenvalue weighted by molar-refractivity contribution is 8.00. The summed E-state index contributed by atoms with van der Waals surface area (Å²) in [4.78, 5) is 21.1. The Kier molecular flexibility index (Phi) is 5.12. The molecule has 5 nitrogen and oxygen atoms in total. The zero-order chi connectivity index (χ0) is 19.6. The number of fused-ring (bicyclic) bond motifs is 5. The Morgan fingerprint density at radius 1 is 1.07 bits per heavy atom. The number of nitrogens with zero attached hydrogens (tertiary/aromatic N) is 2. The Morgan fingerprint density at radius 3 is 2.83 bits per heavy atom. The van der Waals surface area contributed by atoms with Gasteiger partial charge in [-0.3, -0.25) is 9.78 Å². The number of rotatable bonds is 4. The normalized spacial score (nSPS) is 16.0. The first-order valence-corrected chi connectivity index (χ1v) is 11.1. The molecule has 0 saturated carbocycles. The van der Waals surface area contributed by atoms with Gasteiger partial charge in [0, 0.05) is 35.1 Å². The van der Waals surface area contributed by atoms with Crippen LogP contribution in [-0.4, -0.2) is 42.0 Å². The van der Waals surface area contributed by atoms with E-state index in [4.69, 9.17) is 0 Å². The van der Waals surface area contributed by atoms with Gasteiger partial charge in [-0.05, 0) is 55.6 Å². The van der Waals surface area contributed by atoms with Crippen molar-refractivity contribution in [3.8, 4) is 11.1 Å². The van der Waals surface area contributed by atoms with Crippen LogP contribution >= 0.6 is 11.9 Å². The first kappa shape index (κ1) is 18.5. The standard InChI is InChI=1S/C23H24N4OS/c28-23(25-12-15-27-13-4-1-5-14-27)19-10-11-24-21-18(19)9-8-17-16-6-2-3-7-20(16)29-26-22(17)21/h2-3,6-11,26H,1,4-5,12-15H2,(H,25,28). The molecule has 29 heavy (non-hydrogen) atoms. The van der Waals surface area contributed by atoms with E-state index in [1.165, 1.54) is 29.7 Å². The Bertz CT molecular complexity index is 1060. The second kappa shape index (κ2) is 8.05. The first-order valence-electron chi connectivity index (χ1n) is 10.3. The van der Waals surface area contributed by atoms with Crippen molar-refractivity contribution in [2.24, 2.45) is 0 Å². The summed E-state index contributed by atoms with van der Waals surface area (Å²) in [6, 6.07) is 14.3. The van der Waals surface area contributed by atoms with Crippen molar-refractivity contribution >= 4 is 34.4 Å². The second-order valence-electron chi connectivity index (χ2n) is 7.60. The molecule has 0 unspecified atom stereocenters. The highest BCUT2D eigenvalue weighted by Crippen LogP contribution is 2.44. The summed E-state index contributed by atoms with van der Waals surface area (Å²) in [5.74, 6) is -0.0294. The van der Waals surface area contributed by atoms with E-state index in [-0.39, 0.29) is 5.91 Å². The maximum atomic E-state index is 12.9. The molecule has 1 saturated heterocycles. The minimum absolute atomic E-state index is 0.0294. The van der Waals surface area contributed by atoms with E-state index in [1.54, 1.807) is 18.1 Å². The number of hydrogen-bond donors (Lipinski definition) is 2. The average molecular weight is 405 g/mol. The second-order valence-corrected chi connectivity index (χ2v) is 8.45. The molecule has 0 radical (unpaired) electrons. The first-order chi connectivity index (χ1) is 14.3. The molecule has 0 spiro atoms. The number of likely N-dealkylation sites (tertiary alicyclic amines) is 1. The molecule has 0 bridgehead atoms. The van der Waals surface area contributed by atoms with Crippen molar-refractivity contribution in [3.63, 3.8) is 0 Å². The van der Waals surface area contributed by atoms with Gasteiger partial charge >= 0.3 is 0 Å². The lowest BCUT2D eigenvalue weighted by atomic mass is 9.99. The number of carbonyl (C=O) groups excluding carboxylic acids is 1. The van der Waals surface area contributed by atoms with Crippen LogP contribution in [-0.2, 0) is 0 Å². The van der Waals surface area contributed by atoms with Crippen LogP contribution < -0.4 is 10.0 Å². The predicted molar refractivity (Wildman–Crippen MR) is 119 cm³/mol. The molecule has 2 N–H and O–H groups in total. The van der Waals surface area contributed by atoms with Gasteiger partial charge in [0.2, 0.25) is 0 Å². The van der Waals surface area contributed by atoms with Gasteiger partial charge in [-0.15, -0.1) is 0 Å². The molecule has 3 aromatic rings. The van der Waals surface area contributed by atoms with E-state index in [1.807, 2.05) is 18.2 Å². The molecule has 1 fully saturated rings. The largest absolute Gasteiger partial charge is 0.351 e. The summed E-state index contributed by atoms with van der Waals surface area (Å²) in [6.07, 6.45) is 5.59. The summed E-state index contributed by atoms with van der Waals surface area (Å²) >= 11 is 1.59. The number of nitrogens with one attached hydrogen (secondary N) is 2. The number of carbonyl (C=O) groups is 1. The highest BCUT2D eigenvalue weighted by Gasteiger charge is 2.21. The van der Waals surface area contributed by atoms with Crippen LogP contribution in [0.15, 0.2) is 53.6 Å². The van der Waals surface area contributed by atoms with Crippen molar-refractivity contribution in [2.75, 3.05) is 30.9 Å². The SMILES string of the molecule is O=C(NCCN1CCCCC1)c1ccnc2c3c(ccc12)-c1ccccc1SN3. The predicted octanol–water partition coefficient (Wildman–Crippen LogP) is 4.55. The van der Waals surface area contributed by atoms with E-state index >= 15 is 0 Å². The van der Waals surface area contributed by atoms with Crippen molar-refractivity contribution in [1.82, 2.24) is 15.2 Å². The summed E-state index contributed by atoms with van der Waals surface area (Å²) in [6.45, 7) is 3.88. The average Bonchev–Trinajstić information content (AvgIpc) is 2.78. The Morgan fingerprint density at radius 2 is 1.93 bits per heavy atom. The topological polar surface area (TPSA) is 57.3 Å². The third kappa shape index (κ3) is 3.58. The zero-order valence-corrected chi connectivity index (χ0v) is 17.1. The van der Waals surface area contributed by atoms with Crippen LogP contribution in [0.4, 0.5) is 5.69 Å². The molecule has 148 valence electrons. The fourth-order valence-electron chi connectivity index (χ4n) is 4.23. The van der Waals surface area contributed by atoms with Crippen molar-refractivity contribution in [1.29, 1.82) is 0 Å². The van der Waals surface area contributed by atoms with Gasteiger partial charge in [-0.25, -0.2) is 0 Å². The third-order valence-electron chi connectivity index (χ3n) is 5.76. The number of amides is 1. The van der Waals surface area contributed by atoms with E-state index in [2.05, 4.69) is 44.2 Å². The molecule has 2 aliphatic heterocycles. The summed E-state index contributed by atoms with van der Waals surface area (Å²) in [7, 11) is 0. The lowest BCUT2D eigenvalue weighted by Crippen LogP contribution is -2.37. The monoisotopic (exact) mass is 404 g/mol. The van der Waals surface area contributed by atoms with Crippen LogP contribution in [0.25, 0.3) is 22.0 Å². The Labute approximate surface area is 175 Å². The lowest BCUT2D eigenvalue weighted by molar-refractivity contribution is 0.0948. The highest BCUT2D eigenvalue weighted by atomic mass is 32.2. The molecular formula is C23H24N4OS. The minimum Gasteiger partial charge on any atom is -0.351 e. The fraction of sp³-hybridized carbons (Fsp3) is 0.304. The quantitative estimate of drug-likeness (QED) is 0.625. The molecule has 6 heteroatoms.